The van der Waals surface area contributed by atoms with Crippen LogP contribution in [0.3, 0.4) is 0 Å². The van der Waals surface area contributed by atoms with Crippen LogP contribution < -0.4 is 16.4 Å². The Morgan fingerprint density at radius 3 is 2.45 bits per heavy atom. The van der Waals surface area contributed by atoms with Gasteiger partial charge in [-0.25, -0.2) is 4.79 Å². The third-order valence-corrected chi connectivity index (χ3v) is 3.71. The fraction of sp³-hybridized carbons (Fsp3) is 0.533. The summed E-state index contributed by atoms with van der Waals surface area (Å²) in [7, 11) is 0. The topological polar surface area (TPSA) is 76.4 Å². The molecule has 2 amide bonds. The van der Waals surface area contributed by atoms with Gasteiger partial charge in [0.2, 0.25) is 0 Å². The van der Waals surface area contributed by atoms with Crippen molar-refractivity contribution in [3.8, 4) is 0 Å². The second-order valence-electron chi connectivity index (χ2n) is 5.66. The summed E-state index contributed by atoms with van der Waals surface area (Å²) in [5, 5.41) is 5.88. The van der Waals surface area contributed by atoms with Gasteiger partial charge in [-0.1, -0.05) is 12.1 Å². The van der Waals surface area contributed by atoms with Crippen molar-refractivity contribution in [3.63, 3.8) is 0 Å². The van der Waals surface area contributed by atoms with Crippen LogP contribution in [-0.2, 0) is 4.74 Å². The van der Waals surface area contributed by atoms with E-state index < -0.39 is 0 Å². The zero-order valence-electron chi connectivity index (χ0n) is 12.1. The van der Waals surface area contributed by atoms with Crippen molar-refractivity contribution in [3.05, 3.63) is 29.8 Å². The summed E-state index contributed by atoms with van der Waals surface area (Å²) in [4.78, 5) is 12.0. The van der Waals surface area contributed by atoms with Crippen molar-refractivity contribution in [2.45, 2.75) is 38.3 Å². The number of ether oxygens (including phenoxy) is 1. The molecule has 0 radical (unpaired) electrons. The highest BCUT2D eigenvalue weighted by molar-refractivity contribution is 5.89. The van der Waals surface area contributed by atoms with E-state index in [1.165, 1.54) is 0 Å². The third kappa shape index (κ3) is 3.95. The molecule has 1 unspecified atom stereocenters. The van der Waals surface area contributed by atoms with E-state index in [0.717, 1.165) is 24.1 Å². The number of anilines is 1. The van der Waals surface area contributed by atoms with Crippen LogP contribution in [0.2, 0.25) is 0 Å². The van der Waals surface area contributed by atoms with Gasteiger partial charge in [-0.15, -0.1) is 0 Å². The van der Waals surface area contributed by atoms with E-state index in [9.17, 15) is 4.79 Å². The largest absolute Gasteiger partial charge is 0.381 e. The number of rotatable bonds is 3. The van der Waals surface area contributed by atoms with Crippen molar-refractivity contribution in [2.24, 2.45) is 5.73 Å². The van der Waals surface area contributed by atoms with Crippen LogP contribution in [0.5, 0.6) is 0 Å². The predicted octanol–water partition coefficient (Wildman–Crippen LogP) is 2.40. The second kappa shape index (κ2) is 6.24. The number of carbonyl (C=O) groups excluding carboxylic acids is 1. The van der Waals surface area contributed by atoms with Crippen molar-refractivity contribution in [1.82, 2.24) is 5.32 Å². The maximum atomic E-state index is 12.0. The first kappa shape index (κ1) is 14.8. The Labute approximate surface area is 119 Å². The maximum absolute atomic E-state index is 12.0. The van der Waals surface area contributed by atoms with Gasteiger partial charge in [0.1, 0.15) is 0 Å². The second-order valence-corrected chi connectivity index (χ2v) is 5.66. The molecule has 1 aliphatic heterocycles. The normalized spacial score (nSPS) is 19.1. The summed E-state index contributed by atoms with van der Waals surface area (Å²) in [5.74, 6) is 0. The van der Waals surface area contributed by atoms with Gasteiger partial charge in [-0.05, 0) is 44.4 Å². The van der Waals surface area contributed by atoms with Gasteiger partial charge >= 0.3 is 6.03 Å². The minimum atomic E-state index is -0.186. The lowest BCUT2D eigenvalue weighted by molar-refractivity contribution is 0.0500. The fourth-order valence-corrected chi connectivity index (χ4v) is 2.25. The summed E-state index contributed by atoms with van der Waals surface area (Å²) in [6, 6.07) is 7.41. The maximum Gasteiger partial charge on any atom is 0.319 e. The van der Waals surface area contributed by atoms with Crippen molar-refractivity contribution < 1.29 is 9.53 Å². The SMILES string of the molecule is CC(N)c1ccc(NC(=O)NC2(C)CCOCC2)cc1. The summed E-state index contributed by atoms with van der Waals surface area (Å²) in [5.41, 5.74) is 7.42. The molecular weight excluding hydrogens is 254 g/mol. The minimum absolute atomic E-state index is 0.000901. The molecule has 110 valence electrons. The predicted molar refractivity (Wildman–Crippen MR) is 79.7 cm³/mol. The van der Waals surface area contributed by atoms with Crippen LogP contribution in [0.4, 0.5) is 10.5 Å². The Kier molecular flexibility index (Phi) is 4.62. The summed E-state index contributed by atoms with van der Waals surface area (Å²) < 4.78 is 5.32. The van der Waals surface area contributed by atoms with E-state index in [-0.39, 0.29) is 17.6 Å². The molecule has 5 heteroatoms. The molecule has 0 spiro atoms. The lowest BCUT2D eigenvalue weighted by Crippen LogP contribution is -2.51. The first-order valence-electron chi connectivity index (χ1n) is 7.01. The average molecular weight is 277 g/mol. The Morgan fingerprint density at radius 2 is 1.90 bits per heavy atom. The molecule has 2 rings (SSSR count). The van der Waals surface area contributed by atoms with Crippen LogP contribution in [0, 0.1) is 0 Å². The van der Waals surface area contributed by atoms with Gasteiger partial charge in [-0.3, -0.25) is 0 Å². The summed E-state index contributed by atoms with van der Waals surface area (Å²) >= 11 is 0. The fourth-order valence-electron chi connectivity index (χ4n) is 2.25. The van der Waals surface area contributed by atoms with Crippen LogP contribution in [0.1, 0.15) is 38.3 Å². The van der Waals surface area contributed by atoms with Crippen molar-refractivity contribution in [2.75, 3.05) is 18.5 Å². The molecule has 1 heterocycles. The molecule has 0 aliphatic carbocycles. The van der Waals surface area contributed by atoms with E-state index in [1.807, 2.05) is 38.1 Å². The molecular formula is C15H23N3O2. The highest BCUT2D eigenvalue weighted by Crippen LogP contribution is 2.20. The minimum Gasteiger partial charge on any atom is -0.381 e. The van der Waals surface area contributed by atoms with Crippen LogP contribution in [0.15, 0.2) is 24.3 Å². The number of carbonyl (C=O) groups is 1. The lowest BCUT2D eigenvalue weighted by Gasteiger charge is -2.34. The smallest absolute Gasteiger partial charge is 0.319 e. The molecule has 0 bridgehead atoms. The number of hydrogen-bond donors (Lipinski definition) is 3. The first-order valence-corrected chi connectivity index (χ1v) is 7.01. The average Bonchev–Trinajstić information content (AvgIpc) is 2.39. The molecule has 1 saturated heterocycles. The van der Waals surface area contributed by atoms with E-state index in [0.29, 0.717) is 13.2 Å². The Balaban J connectivity index is 1.90. The van der Waals surface area contributed by atoms with Crippen LogP contribution >= 0.6 is 0 Å². The number of amides is 2. The molecule has 4 N–H and O–H groups in total. The van der Waals surface area contributed by atoms with Gasteiger partial charge in [-0.2, -0.15) is 0 Å². The van der Waals surface area contributed by atoms with Crippen molar-refractivity contribution in [1.29, 1.82) is 0 Å². The van der Waals surface area contributed by atoms with Crippen LogP contribution in [-0.4, -0.2) is 24.8 Å². The van der Waals surface area contributed by atoms with E-state index in [2.05, 4.69) is 10.6 Å². The van der Waals surface area contributed by atoms with E-state index in [4.69, 9.17) is 10.5 Å². The number of benzene rings is 1. The Bertz CT molecular complexity index is 451. The van der Waals surface area contributed by atoms with Crippen LogP contribution in [0.25, 0.3) is 0 Å². The number of urea groups is 1. The quantitative estimate of drug-likeness (QED) is 0.794. The zero-order valence-corrected chi connectivity index (χ0v) is 12.1. The molecule has 20 heavy (non-hydrogen) atoms. The first-order chi connectivity index (χ1) is 9.48. The monoisotopic (exact) mass is 277 g/mol. The molecule has 1 aliphatic rings. The molecule has 1 aromatic carbocycles. The summed E-state index contributed by atoms with van der Waals surface area (Å²) in [6.45, 7) is 5.37. The molecule has 1 aromatic rings. The lowest BCUT2D eigenvalue weighted by atomic mass is 9.93. The highest BCUT2D eigenvalue weighted by atomic mass is 16.5. The number of hydrogen-bond acceptors (Lipinski definition) is 3. The van der Waals surface area contributed by atoms with Gasteiger partial charge in [0.15, 0.2) is 0 Å². The van der Waals surface area contributed by atoms with E-state index >= 15 is 0 Å². The van der Waals surface area contributed by atoms with Gasteiger partial charge in [0.25, 0.3) is 0 Å². The number of nitrogens with two attached hydrogens (primary N) is 1. The standard InChI is InChI=1S/C15H23N3O2/c1-11(16)12-3-5-13(6-4-12)17-14(19)18-15(2)7-9-20-10-8-15/h3-6,11H,7-10,16H2,1-2H3,(H2,17,18,19). The molecule has 5 nitrogen and oxygen atoms in total. The zero-order chi connectivity index (χ0) is 14.6. The Morgan fingerprint density at radius 1 is 1.30 bits per heavy atom. The van der Waals surface area contributed by atoms with E-state index in [1.54, 1.807) is 0 Å². The molecule has 1 fully saturated rings. The summed E-state index contributed by atoms with van der Waals surface area (Å²) in [6.07, 6.45) is 1.67. The molecule has 0 aromatic heterocycles. The Hall–Kier alpha value is -1.59. The third-order valence-electron chi connectivity index (χ3n) is 3.71. The number of nitrogens with one attached hydrogen (secondary N) is 2. The van der Waals surface area contributed by atoms with Gasteiger partial charge in [0, 0.05) is 30.5 Å². The van der Waals surface area contributed by atoms with Gasteiger partial charge in [0.05, 0.1) is 0 Å². The highest BCUT2D eigenvalue weighted by Gasteiger charge is 2.28. The van der Waals surface area contributed by atoms with Crippen molar-refractivity contribution >= 4 is 11.7 Å². The molecule has 0 saturated carbocycles. The molecule has 1 atom stereocenters. The van der Waals surface area contributed by atoms with Gasteiger partial charge < -0.3 is 21.1 Å².